The molecular formula is C24H22N2O6. The van der Waals surface area contributed by atoms with Crippen LogP contribution >= 0.6 is 0 Å². The monoisotopic (exact) mass is 434 g/mol. The number of pyridine rings is 1. The Balaban J connectivity index is 1.80. The lowest BCUT2D eigenvalue weighted by atomic mass is 9.79. The number of carbonyl (C=O) groups excluding carboxylic acids is 2. The Hall–Kier alpha value is -3.65. The number of benzene rings is 1. The molecule has 3 aliphatic heterocycles. The molecule has 8 heteroatoms. The highest BCUT2D eigenvalue weighted by Gasteiger charge is 2.52. The van der Waals surface area contributed by atoms with Gasteiger partial charge in [-0.2, -0.15) is 0 Å². The van der Waals surface area contributed by atoms with Crippen LogP contribution < -0.4 is 4.74 Å². The number of carbonyl (C=O) groups is 2. The summed E-state index contributed by atoms with van der Waals surface area (Å²) in [5.41, 5.74) is 1.63. The molecule has 0 aliphatic carbocycles. The van der Waals surface area contributed by atoms with Crippen LogP contribution in [-0.2, 0) is 19.0 Å². The van der Waals surface area contributed by atoms with Gasteiger partial charge in [-0.3, -0.25) is 9.69 Å². The predicted molar refractivity (Wildman–Crippen MR) is 116 cm³/mol. The van der Waals surface area contributed by atoms with Crippen molar-refractivity contribution in [1.29, 1.82) is 0 Å². The fourth-order valence-electron chi connectivity index (χ4n) is 4.55. The third-order valence-electron chi connectivity index (χ3n) is 6.06. The molecule has 3 aliphatic rings. The maximum atomic E-state index is 13.5. The summed E-state index contributed by atoms with van der Waals surface area (Å²) in [6, 6.07) is 7.52. The van der Waals surface area contributed by atoms with Gasteiger partial charge in [0.15, 0.2) is 0 Å². The quantitative estimate of drug-likeness (QED) is 0.683. The van der Waals surface area contributed by atoms with Crippen molar-refractivity contribution in [3.63, 3.8) is 0 Å². The lowest BCUT2D eigenvalue weighted by Gasteiger charge is -2.42. The van der Waals surface area contributed by atoms with Crippen LogP contribution in [0.25, 0.3) is 16.6 Å². The van der Waals surface area contributed by atoms with Gasteiger partial charge in [0.2, 0.25) is 0 Å². The number of hydrogen-bond donors (Lipinski definition) is 0. The van der Waals surface area contributed by atoms with Crippen molar-refractivity contribution in [1.82, 2.24) is 9.88 Å². The molecule has 0 bridgehead atoms. The summed E-state index contributed by atoms with van der Waals surface area (Å²) in [6.07, 6.45) is 4.34. The minimum absolute atomic E-state index is 0.186. The molecule has 8 nitrogen and oxygen atoms in total. The van der Waals surface area contributed by atoms with Crippen molar-refractivity contribution < 1.29 is 28.5 Å². The average Bonchev–Trinajstić information content (AvgIpc) is 3.08. The molecule has 32 heavy (non-hydrogen) atoms. The Morgan fingerprint density at radius 3 is 2.78 bits per heavy atom. The number of fused-ring (bicyclic) bond motifs is 5. The van der Waals surface area contributed by atoms with Crippen molar-refractivity contribution >= 4 is 28.5 Å². The molecule has 5 rings (SSSR count). The molecule has 1 unspecified atom stereocenters. The number of para-hydroxylation sites is 1. The Labute approximate surface area is 184 Å². The van der Waals surface area contributed by atoms with Crippen LogP contribution in [0, 0.1) is 0 Å². The fourth-order valence-corrected chi connectivity index (χ4v) is 4.55. The highest BCUT2D eigenvalue weighted by molar-refractivity contribution is 6.15. The molecule has 0 saturated heterocycles. The van der Waals surface area contributed by atoms with Crippen molar-refractivity contribution in [3.8, 4) is 5.75 Å². The molecule has 0 saturated carbocycles. The van der Waals surface area contributed by atoms with Crippen LogP contribution in [0.4, 0.5) is 0 Å². The first-order chi connectivity index (χ1) is 15.5. The van der Waals surface area contributed by atoms with Gasteiger partial charge in [0, 0.05) is 24.3 Å². The molecule has 0 spiro atoms. The first kappa shape index (κ1) is 20.3. The van der Waals surface area contributed by atoms with Crippen LogP contribution in [0.1, 0.15) is 29.9 Å². The van der Waals surface area contributed by atoms with Crippen LogP contribution in [-0.4, -0.2) is 54.3 Å². The van der Waals surface area contributed by atoms with E-state index in [0.29, 0.717) is 40.4 Å². The molecule has 0 radical (unpaired) electrons. The number of amides is 1. The zero-order valence-corrected chi connectivity index (χ0v) is 18.2. The van der Waals surface area contributed by atoms with Gasteiger partial charge in [-0.15, -0.1) is 0 Å². The minimum Gasteiger partial charge on any atom is -0.493 e. The Morgan fingerprint density at radius 1 is 1.28 bits per heavy atom. The molecule has 0 N–H and O–H groups in total. The number of ether oxygens (including phenoxy) is 4. The fraction of sp³-hybridized carbons (Fsp3) is 0.292. The highest BCUT2D eigenvalue weighted by atomic mass is 16.5. The SMILES string of the molecule is CCOc1c2c(nc3ccccc13)C1=CC3(OC)C(C(=O)OC)=CO[C@@H](C)C3=CN1C2=O. The summed E-state index contributed by atoms with van der Waals surface area (Å²) in [7, 11) is 2.80. The molecule has 164 valence electrons. The van der Waals surface area contributed by atoms with Gasteiger partial charge >= 0.3 is 5.97 Å². The van der Waals surface area contributed by atoms with E-state index in [2.05, 4.69) is 0 Å². The van der Waals surface area contributed by atoms with Gasteiger partial charge in [0.05, 0.1) is 31.2 Å². The smallest absolute Gasteiger partial charge is 0.340 e. The van der Waals surface area contributed by atoms with E-state index in [0.717, 1.165) is 5.39 Å². The average molecular weight is 434 g/mol. The maximum absolute atomic E-state index is 13.5. The standard InChI is InChI=1S/C24H22N2O6/c1-5-31-21-14-8-6-7-9-17(14)25-20-18-10-24(30-4)15(11-26(18)22(27)19(20)21)13(2)32-12-16(24)23(28)29-3/h6-13H,5H2,1-4H3/t13-,24?/m0/s1. The van der Waals surface area contributed by atoms with Gasteiger partial charge < -0.3 is 18.9 Å². The number of hydrogen-bond acceptors (Lipinski definition) is 7. The summed E-state index contributed by atoms with van der Waals surface area (Å²) in [4.78, 5) is 32.4. The van der Waals surface area contributed by atoms with E-state index in [1.54, 1.807) is 12.3 Å². The van der Waals surface area contributed by atoms with Crippen LogP contribution in [0.15, 0.2) is 53.9 Å². The first-order valence-corrected chi connectivity index (χ1v) is 10.3. The molecule has 1 aromatic carbocycles. The second kappa shape index (κ2) is 7.20. The molecular weight excluding hydrogens is 412 g/mol. The molecule has 1 amide bonds. The Morgan fingerprint density at radius 2 is 2.06 bits per heavy atom. The van der Waals surface area contributed by atoms with Gasteiger partial charge in [-0.05, 0) is 32.1 Å². The second-order valence-corrected chi connectivity index (χ2v) is 7.65. The summed E-state index contributed by atoms with van der Waals surface area (Å²) < 4.78 is 22.5. The summed E-state index contributed by atoms with van der Waals surface area (Å²) >= 11 is 0. The number of methoxy groups -OCH3 is 2. The summed E-state index contributed by atoms with van der Waals surface area (Å²) in [5, 5.41) is 0.764. The number of esters is 1. The van der Waals surface area contributed by atoms with Crippen molar-refractivity contribution in [2.75, 3.05) is 20.8 Å². The van der Waals surface area contributed by atoms with Crippen molar-refractivity contribution in [2.45, 2.75) is 25.6 Å². The van der Waals surface area contributed by atoms with Crippen molar-refractivity contribution in [3.05, 3.63) is 65.2 Å². The highest BCUT2D eigenvalue weighted by Crippen LogP contribution is 2.49. The van der Waals surface area contributed by atoms with E-state index in [-0.39, 0.29) is 11.5 Å². The van der Waals surface area contributed by atoms with Gasteiger partial charge in [0.25, 0.3) is 5.91 Å². The first-order valence-electron chi connectivity index (χ1n) is 10.3. The molecule has 4 heterocycles. The molecule has 2 aromatic rings. The number of nitrogens with zero attached hydrogens (tertiary/aromatic N) is 2. The lowest BCUT2D eigenvalue weighted by molar-refractivity contribution is -0.139. The molecule has 0 fully saturated rings. The second-order valence-electron chi connectivity index (χ2n) is 7.65. The largest absolute Gasteiger partial charge is 0.493 e. The van der Waals surface area contributed by atoms with E-state index in [1.165, 1.54) is 25.4 Å². The summed E-state index contributed by atoms with van der Waals surface area (Å²) in [5.74, 6) is -0.346. The molecule has 1 aromatic heterocycles. The normalized spacial score (nSPS) is 23.4. The van der Waals surface area contributed by atoms with Gasteiger partial charge in [-0.1, -0.05) is 12.1 Å². The van der Waals surface area contributed by atoms with Crippen LogP contribution in [0.5, 0.6) is 5.75 Å². The lowest BCUT2D eigenvalue weighted by Crippen LogP contribution is -2.47. The number of aromatic nitrogens is 1. The topological polar surface area (TPSA) is 87.2 Å². The predicted octanol–water partition coefficient (Wildman–Crippen LogP) is 3.19. The van der Waals surface area contributed by atoms with E-state index in [1.807, 2.05) is 38.1 Å². The third kappa shape index (κ3) is 2.56. The third-order valence-corrected chi connectivity index (χ3v) is 6.06. The maximum Gasteiger partial charge on any atom is 0.340 e. The van der Waals surface area contributed by atoms with E-state index < -0.39 is 17.7 Å². The van der Waals surface area contributed by atoms with Crippen LogP contribution in [0.3, 0.4) is 0 Å². The summed E-state index contributed by atoms with van der Waals surface area (Å²) in [6.45, 7) is 4.10. The minimum atomic E-state index is -1.25. The number of rotatable bonds is 4. The van der Waals surface area contributed by atoms with E-state index in [9.17, 15) is 9.59 Å². The van der Waals surface area contributed by atoms with E-state index in [4.69, 9.17) is 23.9 Å². The van der Waals surface area contributed by atoms with Crippen molar-refractivity contribution in [2.24, 2.45) is 0 Å². The molecule has 2 atom stereocenters. The Kier molecular flexibility index (Phi) is 4.56. The van der Waals surface area contributed by atoms with Gasteiger partial charge in [0.1, 0.15) is 34.3 Å². The zero-order chi connectivity index (χ0) is 22.6. The zero-order valence-electron chi connectivity index (χ0n) is 18.2. The van der Waals surface area contributed by atoms with Gasteiger partial charge in [-0.25, -0.2) is 9.78 Å². The Bertz CT molecular complexity index is 1260. The van der Waals surface area contributed by atoms with Crippen LogP contribution in [0.2, 0.25) is 0 Å². The van der Waals surface area contributed by atoms with E-state index >= 15 is 0 Å².